The molecule has 0 bridgehead atoms. The summed E-state index contributed by atoms with van der Waals surface area (Å²) < 4.78 is 65.5. The summed E-state index contributed by atoms with van der Waals surface area (Å²) in [6.45, 7) is 6.71. The van der Waals surface area contributed by atoms with E-state index in [-0.39, 0.29) is 24.1 Å². The van der Waals surface area contributed by atoms with Gasteiger partial charge in [0.15, 0.2) is 0 Å². The summed E-state index contributed by atoms with van der Waals surface area (Å²) in [5.74, 6) is -1.28. The van der Waals surface area contributed by atoms with E-state index in [1.165, 1.54) is 18.2 Å². The number of anilines is 1. The number of carbonyl (C=O) groups is 2. The molecule has 0 fully saturated rings. The molecule has 3 rings (SSSR count). The van der Waals surface area contributed by atoms with Crippen LogP contribution in [0.4, 0.5) is 27.9 Å². The molecule has 0 spiro atoms. The van der Waals surface area contributed by atoms with Gasteiger partial charge in [-0.05, 0) is 30.7 Å². The van der Waals surface area contributed by atoms with E-state index in [4.69, 9.17) is 0 Å². The van der Waals surface area contributed by atoms with Crippen LogP contribution < -0.4 is 10.6 Å². The summed E-state index contributed by atoms with van der Waals surface area (Å²) >= 11 is 0. The Morgan fingerprint density at radius 3 is 2.28 bits per heavy atom. The van der Waals surface area contributed by atoms with Gasteiger partial charge in [0.2, 0.25) is 11.9 Å². The number of H-pyrrole nitrogens is 1. The summed E-state index contributed by atoms with van der Waals surface area (Å²) in [5, 5.41) is 5.05. The summed E-state index contributed by atoms with van der Waals surface area (Å²) in [6, 6.07) is 5.51. The van der Waals surface area contributed by atoms with Gasteiger partial charge in [-0.25, -0.2) is 13.8 Å². The molecule has 3 aromatic rings. The van der Waals surface area contributed by atoms with Gasteiger partial charge in [0.05, 0.1) is 16.8 Å². The number of nitrogens with one attached hydrogen (secondary N) is 3. The van der Waals surface area contributed by atoms with Gasteiger partial charge in [-0.3, -0.25) is 19.9 Å². The third-order valence-electron chi connectivity index (χ3n) is 5.16. The second kappa shape index (κ2) is 10.0. The zero-order chi connectivity index (χ0) is 26.8. The number of alkyl halides is 5. The normalized spacial score (nSPS) is 12.1. The van der Waals surface area contributed by atoms with Crippen molar-refractivity contribution in [1.82, 2.24) is 20.3 Å². The Balaban J connectivity index is 1.82. The number of amides is 2. The molecule has 36 heavy (non-hydrogen) atoms. The highest BCUT2D eigenvalue weighted by molar-refractivity contribution is 6.04. The van der Waals surface area contributed by atoms with Crippen LogP contribution in [0, 0.1) is 12.3 Å². The van der Waals surface area contributed by atoms with Crippen LogP contribution in [0.3, 0.4) is 0 Å². The predicted octanol–water partition coefficient (Wildman–Crippen LogP) is 5.65. The van der Waals surface area contributed by atoms with Crippen LogP contribution in [0.25, 0.3) is 11.3 Å². The number of pyridine rings is 1. The molecule has 0 unspecified atom stereocenters. The van der Waals surface area contributed by atoms with E-state index in [1.54, 1.807) is 27.7 Å². The standard InChI is InChI=1S/C24H24F5N5O2/c1-12-17(14-5-7-15(8-6-14)24(27,28)29)33-22(32-12)34-20(35)16-9-13(10-30-18(16)19(25)26)11-31-21(36)23(2,3)4/h5-10,19H,11H2,1-4H3,(H,31,36)(H2,32,33,34,35). The zero-order valence-corrected chi connectivity index (χ0v) is 19.8. The second-order valence-electron chi connectivity index (χ2n) is 9.10. The van der Waals surface area contributed by atoms with Crippen molar-refractivity contribution in [2.45, 2.75) is 46.8 Å². The van der Waals surface area contributed by atoms with Crippen LogP contribution >= 0.6 is 0 Å². The van der Waals surface area contributed by atoms with E-state index in [0.29, 0.717) is 16.8 Å². The topological polar surface area (TPSA) is 99.8 Å². The molecule has 2 heterocycles. The summed E-state index contributed by atoms with van der Waals surface area (Å²) in [5.41, 5.74) is -1.22. The Labute approximate surface area is 203 Å². The van der Waals surface area contributed by atoms with Crippen molar-refractivity contribution in [3.05, 3.63) is 64.6 Å². The molecule has 0 radical (unpaired) electrons. The maximum atomic E-state index is 13.5. The maximum Gasteiger partial charge on any atom is 0.416 e. The number of halogens is 5. The van der Waals surface area contributed by atoms with Gasteiger partial charge < -0.3 is 10.3 Å². The van der Waals surface area contributed by atoms with Crippen LogP contribution in [0.5, 0.6) is 0 Å². The molecular formula is C24H24F5N5O2. The third-order valence-corrected chi connectivity index (χ3v) is 5.16. The number of aryl methyl sites for hydroxylation is 1. The number of hydrogen-bond acceptors (Lipinski definition) is 4. The third kappa shape index (κ3) is 6.23. The molecule has 0 aliphatic heterocycles. The fourth-order valence-electron chi connectivity index (χ4n) is 3.21. The van der Waals surface area contributed by atoms with Crippen LogP contribution in [-0.2, 0) is 17.5 Å². The van der Waals surface area contributed by atoms with Gasteiger partial charge >= 0.3 is 6.18 Å². The van der Waals surface area contributed by atoms with Crippen LogP contribution in [0.15, 0.2) is 36.5 Å². The van der Waals surface area contributed by atoms with Crippen LogP contribution in [0.2, 0.25) is 0 Å². The van der Waals surface area contributed by atoms with Gasteiger partial charge in [-0.1, -0.05) is 32.9 Å². The Morgan fingerprint density at radius 2 is 1.72 bits per heavy atom. The highest BCUT2D eigenvalue weighted by Gasteiger charge is 2.30. The van der Waals surface area contributed by atoms with E-state index < -0.39 is 40.7 Å². The smallest absolute Gasteiger partial charge is 0.352 e. The molecule has 0 atom stereocenters. The molecule has 12 heteroatoms. The van der Waals surface area contributed by atoms with E-state index in [1.807, 2.05) is 0 Å². The summed E-state index contributed by atoms with van der Waals surface area (Å²) in [6.07, 6.45) is -6.37. The van der Waals surface area contributed by atoms with Crippen LogP contribution in [0.1, 0.15) is 60.1 Å². The fourth-order valence-corrected chi connectivity index (χ4v) is 3.21. The predicted molar refractivity (Wildman–Crippen MR) is 122 cm³/mol. The number of benzene rings is 1. The minimum Gasteiger partial charge on any atom is -0.352 e. The number of aromatic nitrogens is 3. The van der Waals surface area contributed by atoms with Gasteiger partial charge in [0.25, 0.3) is 12.3 Å². The van der Waals surface area contributed by atoms with Crippen LogP contribution in [-0.4, -0.2) is 26.8 Å². The number of hydrogen-bond donors (Lipinski definition) is 3. The number of imidazole rings is 1. The lowest BCUT2D eigenvalue weighted by molar-refractivity contribution is -0.137. The molecule has 2 amide bonds. The molecule has 0 aliphatic rings. The average Bonchev–Trinajstić information content (AvgIpc) is 3.15. The molecule has 0 saturated heterocycles. The highest BCUT2D eigenvalue weighted by Crippen LogP contribution is 2.31. The lowest BCUT2D eigenvalue weighted by Crippen LogP contribution is -2.34. The van der Waals surface area contributed by atoms with Crippen molar-refractivity contribution >= 4 is 17.8 Å². The molecule has 7 nitrogen and oxygen atoms in total. The molecule has 3 N–H and O–H groups in total. The zero-order valence-electron chi connectivity index (χ0n) is 19.8. The lowest BCUT2D eigenvalue weighted by Gasteiger charge is -2.18. The minimum atomic E-state index is -4.49. The van der Waals surface area contributed by atoms with Crippen molar-refractivity contribution in [3.63, 3.8) is 0 Å². The first-order valence-corrected chi connectivity index (χ1v) is 10.8. The largest absolute Gasteiger partial charge is 0.416 e. The van der Waals surface area contributed by atoms with Gasteiger partial charge in [0, 0.05) is 29.4 Å². The van der Waals surface area contributed by atoms with E-state index in [0.717, 1.165) is 18.3 Å². The second-order valence-corrected chi connectivity index (χ2v) is 9.10. The molecule has 0 saturated carbocycles. The molecule has 192 valence electrons. The quantitative estimate of drug-likeness (QED) is 0.374. The Morgan fingerprint density at radius 1 is 1.08 bits per heavy atom. The highest BCUT2D eigenvalue weighted by atomic mass is 19.4. The van der Waals surface area contributed by atoms with Crippen molar-refractivity contribution in [2.24, 2.45) is 5.41 Å². The van der Waals surface area contributed by atoms with E-state index >= 15 is 0 Å². The Hall–Kier alpha value is -3.83. The summed E-state index contributed by atoms with van der Waals surface area (Å²) in [4.78, 5) is 35.6. The Bertz CT molecular complexity index is 1260. The molecular weight excluding hydrogens is 485 g/mol. The minimum absolute atomic E-state index is 0.0230. The van der Waals surface area contributed by atoms with Crippen molar-refractivity contribution in [2.75, 3.05) is 5.32 Å². The van der Waals surface area contributed by atoms with Crippen molar-refractivity contribution in [3.8, 4) is 11.3 Å². The number of carbonyl (C=O) groups excluding carboxylic acids is 2. The first-order chi connectivity index (χ1) is 16.7. The SMILES string of the molecule is Cc1[nH]c(NC(=O)c2cc(CNC(=O)C(C)(C)C)cnc2C(F)F)nc1-c1ccc(C(F)(F)F)cc1. The number of aromatic amines is 1. The Kier molecular flexibility index (Phi) is 7.46. The van der Waals surface area contributed by atoms with E-state index in [2.05, 4.69) is 25.6 Å². The first kappa shape index (κ1) is 26.8. The van der Waals surface area contributed by atoms with E-state index in [9.17, 15) is 31.5 Å². The molecule has 1 aromatic carbocycles. The average molecular weight is 509 g/mol. The number of nitrogens with zero attached hydrogens (tertiary/aromatic N) is 2. The fraction of sp³-hybridized carbons (Fsp3) is 0.333. The monoisotopic (exact) mass is 509 g/mol. The van der Waals surface area contributed by atoms with Gasteiger partial charge in [0.1, 0.15) is 5.69 Å². The van der Waals surface area contributed by atoms with Crippen molar-refractivity contribution in [1.29, 1.82) is 0 Å². The van der Waals surface area contributed by atoms with Gasteiger partial charge in [-0.15, -0.1) is 0 Å². The van der Waals surface area contributed by atoms with Crippen molar-refractivity contribution < 1.29 is 31.5 Å². The van der Waals surface area contributed by atoms with Gasteiger partial charge in [-0.2, -0.15) is 13.2 Å². The molecule has 0 aliphatic carbocycles. The lowest BCUT2D eigenvalue weighted by atomic mass is 9.95. The number of rotatable bonds is 6. The maximum absolute atomic E-state index is 13.5. The first-order valence-electron chi connectivity index (χ1n) is 10.8. The summed E-state index contributed by atoms with van der Waals surface area (Å²) in [7, 11) is 0. The molecule has 2 aromatic heterocycles.